The largest absolute Gasteiger partial charge is 0.504 e. The molecule has 0 aliphatic carbocycles. The zero-order valence-corrected chi connectivity index (χ0v) is 9.53. The first-order chi connectivity index (χ1) is 7.20. The fourth-order valence-electron chi connectivity index (χ4n) is 1.57. The Morgan fingerprint density at radius 1 is 1.47 bits per heavy atom. The summed E-state index contributed by atoms with van der Waals surface area (Å²) in [6.07, 6.45) is 5.05. The van der Waals surface area contributed by atoms with E-state index in [9.17, 15) is 5.11 Å². The van der Waals surface area contributed by atoms with Gasteiger partial charge in [0.15, 0.2) is 11.5 Å². The number of methoxy groups -OCH3 is 1. The average Bonchev–Trinajstić information content (AvgIpc) is 2.26. The van der Waals surface area contributed by atoms with E-state index in [2.05, 4.69) is 13.0 Å². The maximum atomic E-state index is 9.91. The molecule has 2 nitrogen and oxygen atoms in total. The van der Waals surface area contributed by atoms with E-state index < -0.39 is 0 Å². The lowest BCUT2D eigenvalue weighted by atomic mass is 9.96. The molecule has 15 heavy (non-hydrogen) atoms. The van der Waals surface area contributed by atoms with E-state index in [0.29, 0.717) is 11.7 Å². The zero-order chi connectivity index (χ0) is 11.3. The Hall–Kier alpha value is -1.44. The summed E-state index contributed by atoms with van der Waals surface area (Å²) in [6.45, 7) is 4.09. The predicted octanol–water partition coefficient (Wildman–Crippen LogP) is 3.47. The number of hydrogen-bond donors (Lipinski definition) is 1. The minimum Gasteiger partial charge on any atom is -0.504 e. The van der Waals surface area contributed by atoms with Crippen molar-refractivity contribution in [1.29, 1.82) is 0 Å². The van der Waals surface area contributed by atoms with Gasteiger partial charge in [-0.25, -0.2) is 0 Å². The number of hydrogen-bond acceptors (Lipinski definition) is 2. The molecule has 0 heterocycles. The molecule has 0 spiro atoms. The summed E-state index contributed by atoms with van der Waals surface area (Å²) in [6, 6.07) is 5.60. The van der Waals surface area contributed by atoms with E-state index in [1.54, 1.807) is 13.2 Å². The molecule has 0 aliphatic heterocycles. The molecule has 1 atom stereocenters. The number of phenols is 1. The third-order valence-corrected chi connectivity index (χ3v) is 2.51. The third kappa shape index (κ3) is 2.75. The Morgan fingerprint density at radius 3 is 2.80 bits per heavy atom. The van der Waals surface area contributed by atoms with Crippen molar-refractivity contribution >= 4 is 0 Å². The molecule has 0 saturated heterocycles. The van der Waals surface area contributed by atoms with Gasteiger partial charge in [0.2, 0.25) is 0 Å². The van der Waals surface area contributed by atoms with E-state index in [1.165, 1.54) is 0 Å². The lowest BCUT2D eigenvalue weighted by Crippen LogP contribution is -1.94. The third-order valence-electron chi connectivity index (χ3n) is 2.51. The van der Waals surface area contributed by atoms with Gasteiger partial charge in [-0.1, -0.05) is 31.2 Å². The molecule has 0 aliphatic rings. The van der Waals surface area contributed by atoms with Crippen molar-refractivity contribution in [3.8, 4) is 11.5 Å². The van der Waals surface area contributed by atoms with Crippen LogP contribution in [0.15, 0.2) is 30.4 Å². The van der Waals surface area contributed by atoms with Crippen molar-refractivity contribution in [3.63, 3.8) is 0 Å². The lowest BCUT2D eigenvalue weighted by Gasteiger charge is -2.13. The SMILES string of the molecule is C/C=C\CC(C)c1cccc(OC)c1O. The van der Waals surface area contributed by atoms with Gasteiger partial charge in [-0.15, -0.1) is 0 Å². The van der Waals surface area contributed by atoms with Crippen LogP contribution in [0.2, 0.25) is 0 Å². The van der Waals surface area contributed by atoms with Gasteiger partial charge < -0.3 is 9.84 Å². The summed E-state index contributed by atoms with van der Waals surface area (Å²) < 4.78 is 5.07. The first kappa shape index (κ1) is 11.6. The molecule has 0 saturated carbocycles. The van der Waals surface area contributed by atoms with Crippen molar-refractivity contribution in [1.82, 2.24) is 0 Å². The molecule has 1 rings (SSSR count). The summed E-state index contributed by atoms with van der Waals surface area (Å²) in [4.78, 5) is 0. The van der Waals surface area contributed by atoms with Crippen LogP contribution in [0.3, 0.4) is 0 Å². The molecule has 0 aromatic heterocycles. The van der Waals surface area contributed by atoms with Gasteiger partial charge in [-0.2, -0.15) is 0 Å². The van der Waals surface area contributed by atoms with Crippen LogP contribution in [0, 0.1) is 0 Å². The maximum Gasteiger partial charge on any atom is 0.161 e. The molecular weight excluding hydrogens is 188 g/mol. The molecule has 1 aromatic rings. The molecule has 0 fully saturated rings. The zero-order valence-electron chi connectivity index (χ0n) is 9.53. The summed E-state index contributed by atoms with van der Waals surface area (Å²) >= 11 is 0. The number of para-hydroxylation sites is 1. The number of rotatable bonds is 4. The summed E-state index contributed by atoms with van der Waals surface area (Å²) in [7, 11) is 1.56. The van der Waals surface area contributed by atoms with E-state index in [0.717, 1.165) is 12.0 Å². The minimum absolute atomic E-state index is 0.261. The van der Waals surface area contributed by atoms with Gasteiger partial charge in [0.05, 0.1) is 7.11 Å². The molecule has 1 N–H and O–H groups in total. The Labute approximate surface area is 91.2 Å². The summed E-state index contributed by atoms with van der Waals surface area (Å²) in [5.74, 6) is 1.10. The normalized spacial score (nSPS) is 13.0. The van der Waals surface area contributed by atoms with Crippen LogP contribution < -0.4 is 4.74 Å². The van der Waals surface area contributed by atoms with Crippen LogP contribution in [-0.2, 0) is 0 Å². The number of allylic oxidation sites excluding steroid dienone is 2. The van der Waals surface area contributed by atoms with Crippen molar-refractivity contribution in [2.75, 3.05) is 7.11 Å². The monoisotopic (exact) mass is 206 g/mol. The second-order valence-corrected chi connectivity index (χ2v) is 3.60. The number of ether oxygens (including phenoxy) is 1. The smallest absolute Gasteiger partial charge is 0.161 e. The van der Waals surface area contributed by atoms with Gasteiger partial charge in [0.1, 0.15) is 0 Å². The van der Waals surface area contributed by atoms with Gasteiger partial charge in [0, 0.05) is 5.56 Å². The maximum absolute atomic E-state index is 9.91. The second-order valence-electron chi connectivity index (χ2n) is 3.60. The lowest BCUT2D eigenvalue weighted by molar-refractivity contribution is 0.369. The molecular formula is C13H18O2. The van der Waals surface area contributed by atoms with Crippen molar-refractivity contribution in [2.45, 2.75) is 26.2 Å². The first-order valence-corrected chi connectivity index (χ1v) is 5.17. The van der Waals surface area contributed by atoms with Crippen LogP contribution in [0.5, 0.6) is 11.5 Å². The van der Waals surface area contributed by atoms with Crippen LogP contribution in [-0.4, -0.2) is 12.2 Å². The Bertz CT molecular complexity index is 342. The molecule has 0 radical (unpaired) electrons. The predicted molar refractivity (Wildman–Crippen MR) is 62.5 cm³/mol. The van der Waals surface area contributed by atoms with Crippen LogP contribution in [0.4, 0.5) is 0 Å². The standard InChI is InChI=1S/C13H18O2/c1-4-5-7-10(2)11-8-6-9-12(15-3)13(11)14/h4-6,8-10,14H,7H2,1-3H3/b5-4-. The van der Waals surface area contributed by atoms with Gasteiger partial charge in [-0.05, 0) is 25.3 Å². The minimum atomic E-state index is 0.261. The van der Waals surface area contributed by atoms with Crippen molar-refractivity contribution in [3.05, 3.63) is 35.9 Å². The van der Waals surface area contributed by atoms with Crippen LogP contribution in [0.25, 0.3) is 0 Å². The topological polar surface area (TPSA) is 29.5 Å². The summed E-state index contributed by atoms with van der Waals surface area (Å²) in [5, 5.41) is 9.91. The Kier molecular flexibility index (Phi) is 4.22. The van der Waals surface area contributed by atoms with E-state index in [4.69, 9.17) is 4.74 Å². The molecule has 2 heteroatoms. The highest BCUT2D eigenvalue weighted by Crippen LogP contribution is 2.35. The molecule has 82 valence electrons. The van der Waals surface area contributed by atoms with Gasteiger partial charge in [0.25, 0.3) is 0 Å². The highest BCUT2D eigenvalue weighted by Gasteiger charge is 2.12. The fraction of sp³-hybridized carbons (Fsp3) is 0.385. The second kappa shape index (κ2) is 5.44. The average molecular weight is 206 g/mol. The Balaban J connectivity index is 2.93. The Morgan fingerprint density at radius 2 is 2.20 bits per heavy atom. The molecule has 0 bridgehead atoms. The first-order valence-electron chi connectivity index (χ1n) is 5.17. The highest BCUT2D eigenvalue weighted by atomic mass is 16.5. The number of phenolic OH excluding ortho intramolecular Hbond substituents is 1. The fourth-order valence-corrected chi connectivity index (χ4v) is 1.57. The number of aromatic hydroxyl groups is 1. The van der Waals surface area contributed by atoms with Crippen LogP contribution >= 0.6 is 0 Å². The van der Waals surface area contributed by atoms with E-state index in [-0.39, 0.29) is 5.75 Å². The van der Waals surface area contributed by atoms with E-state index in [1.807, 2.05) is 25.1 Å². The summed E-state index contributed by atoms with van der Waals surface area (Å²) in [5.41, 5.74) is 0.937. The van der Waals surface area contributed by atoms with E-state index >= 15 is 0 Å². The van der Waals surface area contributed by atoms with Crippen molar-refractivity contribution < 1.29 is 9.84 Å². The molecule has 0 amide bonds. The quantitative estimate of drug-likeness (QED) is 0.764. The number of benzene rings is 1. The van der Waals surface area contributed by atoms with Crippen LogP contribution in [0.1, 0.15) is 31.7 Å². The molecule has 1 aromatic carbocycles. The highest BCUT2D eigenvalue weighted by molar-refractivity contribution is 5.46. The van der Waals surface area contributed by atoms with Gasteiger partial charge >= 0.3 is 0 Å². The molecule has 1 unspecified atom stereocenters. The van der Waals surface area contributed by atoms with Crippen molar-refractivity contribution in [2.24, 2.45) is 0 Å². The van der Waals surface area contributed by atoms with Gasteiger partial charge in [-0.3, -0.25) is 0 Å².